The van der Waals surface area contributed by atoms with E-state index in [2.05, 4.69) is 12.1 Å². The summed E-state index contributed by atoms with van der Waals surface area (Å²) < 4.78 is 5.74. The number of ether oxygens (including phenoxy) is 1. The van der Waals surface area contributed by atoms with Crippen molar-refractivity contribution in [3.63, 3.8) is 0 Å². The summed E-state index contributed by atoms with van der Waals surface area (Å²) in [5.41, 5.74) is 1.35. The molecule has 0 saturated heterocycles. The molecule has 1 atom stereocenters. The van der Waals surface area contributed by atoms with Crippen molar-refractivity contribution in [3.8, 4) is 5.75 Å². The van der Waals surface area contributed by atoms with Crippen LogP contribution in [0.25, 0.3) is 0 Å². The van der Waals surface area contributed by atoms with Crippen molar-refractivity contribution >= 4 is 29.3 Å². The molecular weight excluding hydrogens is 308 g/mol. The molecule has 0 aliphatic carbocycles. The van der Waals surface area contributed by atoms with Crippen LogP contribution in [0.15, 0.2) is 47.4 Å². The van der Waals surface area contributed by atoms with Crippen molar-refractivity contribution in [2.24, 2.45) is 0 Å². The van der Waals surface area contributed by atoms with E-state index < -0.39 is 5.97 Å². The van der Waals surface area contributed by atoms with Gasteiger partial charge in [-0.15, -0.1) is 11.8 Å². The lowest BCUT2D eigenvalue weighted by atomic mass is 10.0. The number of halogens is 1. The van der Waals surface area contributed by atoms with Gasteiger partial charge in [0.15, 0.2) is 5.75 Å². The molecule has 0 aromatic heterocycles. The maximum Gasteiger partial charge on any atom is 0.339 e. The van der Waals surface area contributed by atoms with E-state index in [-0.39, 0.29) is 17.2 Å². The number of carbonyl (C=O) groups is 1. The van der Waals surface area contributed by atoms with Crippen LogP contribution >= 0.6 is 23.4 Å². The number of para-hydroxylation sites is 1. The Labute approximate surface area is 131 Å². The first-order valence-corrected chi connectivity index (χ1v) is 7.89. The third-order valence-corrected chi connectivity index (χ3v) is 4.97. The van der Waals surface area contributed by atoms with E-state index in [0.717, 1.165) is 5.75 Å². The van der Waals surface area contributed by atoms with Gasteiger partial charge in [0.2, 0.25) is 0 Å². The van der Waals surface area contributed by atoms with E-state index in [9.17, 15) is 9.90 Å². The number of thioether (sulfide) groups is 1. The van der Waals surface area contributed by atoms with Gasteiger partial charge in [-0.05, 0) is 23.8 Å². The SMILES string of the molecule is O=C(O)c1cccc(Cl)c1OCC1CSc2ccccc21. The van der Waals surface area contributed by atoms with Crippen LogP contribution in [0.5, 0.6) is 5.75 Å². The Balaban J connectivity index is 1.79. The van der Waals surface area contributed by atoms with Crippen molar-refractivity contribution in [1.29, 1.82) is 0 Å². The summed E-state index contributed by atoms with van der Waals surface area (Å²) in [6, 6.07) is 13.0. The summed E-state index contributed by atoms with van der Waals surface area (Å²) >= 11 is 7.86. The summed E-state index contributed by atoms with van der Waals surface area (Å²) in [6.45, 7) is 0.425. The molecule has 3 nitrogen and oxygen atoms in total. The lowest BCUT2D eigenvalue weighted by molar-refractivity contribution is 0.0692. The Hall–Kier alpha value is -1.65. The fraction of sp³-hybridized carbons (Fsp3) is 0.188. The smallest absolute Gasteiger partial charge is 0.339 e. The van der Waals surface area contributed by atoms with E-state index >= 15 is 0 Å². The predicted octanol–water partition coefficient (Wildman–Crippen LogP) is 4.31. The van der Waals surface area contributed by atoms with E-state index in [1.807, 2.05) is 12.1 Å². The molecule has 2 aromatic carbocycles. The van der Waals surface area contributed by atoms with E-state index in [4.69, 9.17) is 16.3 Å². The maximum atomic E-state index is 11.2. The number of carboxylic acids is 1. The van der Waals surface area contributed by atoms with E-state index in [0.29, 0.717) is 11.6 Å². The molecule has 0 radical (unpaired) electrons. The number of carboxylic acid groups (broad SMARTS) is 1. The predicted molar refractivity (Wildman–Crippen MR) is 83.8 cm³/mol. The molecule has 0 amide bonds. The first-order valence-electron chi connectivity index (χ1n) is 6.53. The molecule has 1 heterocycles. The molecule has 108 valence electrons. The van der Waals surface area contributed by atoms with Gasteiger partial charge in [0, 0.05) is 16.6 Å². The van der Waals surface area contributed by atoms with Gasteiger partial charge in [-0.3, -0.25) is 0 Å². The zero-order valence-corrected chi connectivity index (χ0v) is 12.7. The zero-order chi connectivity index (χ0) is 14.8. The summed E-state index contributed by atoms with van der Waals surface area (Å²) in [4.78, 5) is 12.5. The average Bonchev–Trinajstić information content (AvgIpc) is 2.89. The zero-order valence-electron chi connectivity index (χ0n) is 11.1. The van der Waals surface area contributed by atoms with Crippen LogP contribution in [0.1, 0.15) is 21.8 Å². The minimum absolute atomic E-state index is 0.0986. The van der Waals surface area contributed by atoms with Gasteiger partial charge in [-0.1, -0.05) is 35.9 Å². The molecule has 5 heteroatoms. The topological polar surface area (TPSA) is 46.5 Å². The number of benzene rings is 2. The summed E-state index contributed by atoms with van der Waals surface area (Å²) in [5.74, 6) is 0.408. The third-order valence-electron chi connectivity index (χ3n) is 3.43. The molecule has 1 aliphatic rings. The highest BCUT2D eigenvalue weighted by molar-refractivity contribution is 7.99. The molecule has 0 saturated carbocycles. The third kappa shape index (κ3) is 2.87. The summed E-state index contributed by atoms with van der Waals surface area (Å²) in [6.07, 6.45) is 0. The Morgan fingerprint density at radius 1 is 1.29 bits per heavy atom. The monoisotopic (exact) mass is 320 g/mol. The first-order chi connectivity index (χ1) is 10.2. The highest BCUT2D eigenvalue weighted by Crippen LogP contribution is 2.40. The fourth-order valence-corrected chi connectivity index (χ4v) is 3.84. The average molecular weight is 321 g/mol. The lowest BCUT2D eigenvalue weighted by Crippen LogP contribution is -2.12. The summed E-state index contributed by atoms with van der Waals surface area (Å²) in [5, 5.41) is 9.52. The second kappa shape index (κ2) is 6.00. The molecule has 21 heavy (non-hydrogen) atoms. The molecular formula is C16H13ClO3S. The van der Waals surface area contributed by atoms with Gasteiger partial charge in [-0.2, -0.15) is 0 Å². The number of hydrogen-bond donors (Lipinski definition) is 1. The Bertz CT molecular complexity index is 687. The molecule has 1 N–H and O–H groups in total. The second-order valence-electron chi connectivity index (χ2n) is 4.78. The molecule has 0 spiro atoms. The van der Waals surface area contributed by atoms with Crippen molar-refractivity contribution < 1.29 is 14.6 Å². The first kappa shape index (κ1) is 14.3. The van der Waals surface area contributed by atoms with Crippen molar-refractivity contribution in [1.82, 2.24) is 0 Å². The van der Waals surface area contributed by atoms with Crippen LogP contribution in [0, 0.1) is 0 Å². The van der Waals surface area contributed by atoms with Crippen LogP contribution in [0.2, 0.25) is 5.02 Å². The van der Waals surface area contributed by atoms with E-state index in [1.165, 1.54) is 16.5 Å². The molecule has 2 aromatic rings. The van der Waals surface area contributed by atoms with Crippen LogP contribution < -0.4 is 4.74 Å². The highest BCUT2D eigenvalue weighted by Gasteiger charge is 2.24. The minimum Gasteiger partial charge on any atom is -0.490 e. The Morgan fingerprint density at radius 3 is 2.90 bits per heavy atom. The van der Waals surface area contributed by atoms with Crippen molar-refractivity contribution in [2.45, 2.75) is 10.8 Å². The standard InChI is InChI=1S/C16H13ClO3S/c17-13-6-3-5-12(16(18)19)15(13)20-8-10-9-21-14-7-2-1-4-11(10)14/h1-7,10H,8-9H2,(H,18,19). The normalized spacial score (nSPS) is 16.5. The lowest BCUT2D eigenvalue weighted by Gasteiger charge is -2.15. The number of aromatic carboxylic acids is 1. The summed E-state index contributed by atoms with van der Waals surface area (Å²) in [7, 11) is 0. The van der Waals surface area contributed by atoms with Crippen LogP contribution in [0.4, 0.5) is 0 Å². The van der Waals surface area contributed by atoms with Gasteiger partial charge in [-0.25, -0.2) is 4.79 Å². The number of hydrogen-bond acceptors (Lipinski definition) is 3. The Kier molecular flexibility index (Phi) is 4.08. The van der Waals surface area contributed by atoms with Gasteiger partial charge in [0.1, 0.15) is 5.56 Å². The van der Waals surface area contributed by atoms with Gasteiger partial charge in [0.05, 0.1) is 11.6 Å². The van der Waals surface area contributed by atoms with Crippen molar-refractivity contribution in [3.05, 3.63) is 58.6 Å². The maximum absolute atomic E-state index is 11.2. The van der Waals surface area contributed by atoms with E-state index in [1.54, 1.807) is 23.9 Å². The molecule has 0 bridgehead atoms. The molecule has 1 unspecified atom stereocenters. The largest absolute Gasteiger partial charge is 0.490 e. The number of rotatable bonds is 4. The number of fused-ring (bicyclic) bond motifs is 1. The van der Waals surface area contributed by atoms with Crippen LogP contribution in [0.3, 0.4) is 0 Å². The van der Waals surface area contributed by atoms with Gasteiger partial charge >= 0.3 is 5.97 Å². The quantitative estimate of drug-likeness (QED) is 0.912. The Morgan fingerprint density at radius 2 is 2.10 bits per heavy atom. The van der Waals surface area contributed by atoms with Gasteiger partial charge < -0.3 is 9.84 Å². The molecule has 3 rings (SSSR count). The van der Waals surface area contributed by atoms with Crippen molar-refractivity contribution in [2.75, 3.05) is 12.4 Å². The second-order valence-corrected chi connectivity index (χ2v) is 6.25. The van der Waals surface area contributed by atoms with Crippen LogP contribution in [-0.2, 0) is 0 Å². The highest BCUT2D eigenvalue weighted by atomic mass is 35.5. The van der Waals surface area contributed by atoms with Gasteiger partial charge in [0.25, 0.3) is 0 Å². The van der Waals surface area contributed by atoms with Crippen LogP contribution in [-0.4, -0.2) is 23.4 Å². The molecule has 1 aliphatic heterocycles. The molecule has 0 fully saturated rings. The minimum atomic E-state index is -1.03. The fourth-order valence-electron chi connectivity index (χ4n) is 2.38.